The van der Waals surface area contributed by atoms with Gasteiger partial charge in [0, 0.05) is 12.6 Å². The van der Waals surface area contributed by atoms with Crippen LogP contribution in [0, 0.1) is 0 Å². The molecule has 0 saturated carbocycles. The topological polar surface area (TPSA) is 29.1 Å². The summed E-state index contributed by atoms with van der Waals surface area (Å²) in [6, 6.07) is 7.87. The Morgan fingerprint density at radius 3 is 2.50 bits per heavy atom. The predicted octanol–water partition coefficient (Wildman–Crippen LogP) is 2.76. The smallest absolute Gasteiger partial charge is 0.221 e. The number of allylic oxidation sites excluding steroid dienone is 2. The first-order valence-electron chi connectivity index (χ1n) is 4.70. The van der Waals surface area contributed by atoms with Crippen molar-refractivity contribution in [2.45, 2.75) is 20.3 Å². The SMILES string of the molecule is CC=CCc1ccc(NC(C)=O)cc1. The molecule has 0 aromatic heterocycles. The number of anilines is 1. The standard InChI is InChI=1S/C12H15NO/c1-3-4-5-11-6-8-12(9-7-11)13-10(2)14/h3-4,6-9H,5H2,1-2H3,(H,13,14). The lowest BCUT2D eigenvalue weighted by molar-refractivity contribution is -0.114. The molecule has 0 fully saturated rings. The molecule has 0 aliphatic carbocycles. The molecule has 1 aromatic rings. The van der Waals surface area contributed by atoms with Crippen LogP contribution >= 0.6 is 0 Å². The van der Waals surface area contributed by atoms with E-state index in [0.717, 1.165) is 12.1 Å². The second kappa shape index (κ2) is 5.22. The minimum Gasteiger partial charge on any atom is -0.326 e. The van der Waals surface area contributed by atoms with Crippen molar-refractivity contribution in [1.82, 2.24) is 0 Å². The Hall–Kier alpha value is -1.57. The van der Waals surface area contributed by atoms with Crippen molar-refractivity contribution in [3.8, 4) is 0 Å². The number of amides is 1. The molecule has 1 aromatic carbocycles. The molecule has 0 unspecified atom stereocenters. The largest absolute Gasteiger partial charge is 0.326 e. The zero-order valence-electron chi connectivity index (χ0n) is 8.58. The number of hydrogen-bond donors (Lipinski definition) is 1. The molecule has 1 amide bonds. The van der Waals surface area contributed by atoms with Crippen molar-refractivity contribution < 1.29 is 4.79 Å². The van der Waals surface area contributed by atoms with Gasteiger partial charge in [-0.2, -0.15) is 0 Å². The molecule has 0 spiro atoms. The number of carbonyl (C=O) groups excluding carboxylic acids is 1. The lowest BCUT2D eigenvalue weighted by Crippen LogP contribution is -2.05. The summed E-state index contributed by atoms with van der Waals surface area (Å²) in [6.07, 6.45) is 5.08. The molecule has 74 valence electrons. The van der Waals surface area contributed by atoms with E-state index in [2.05, 4.69) is 11.4 Å². The zero-order valence-corrected chi connectivity index (χ0v) is 8.58. The maximum absolute atomic E-state index is 10.7. The number of carbonyl (C=O) groups is 1. The Balaban J connectivity index is 2.63. The van der Waals surface area contributed by atoms with Crippen LogP contribution in [0.3, 0.4) is 0 Å². The van der Waals surface area contributed by atoms with E-state index in [9.17, 15) is 4.79 Å². The van der Waals surface area contributed by atoms with Gasteiger partial charge in [0.25, 0.3) is 0 Å². The van der Waals surface area contributed by atoms with Gasteiger partial charge in [-0.3, -0.25) is 4.79 Å². The molecule has 1 rings (SSSR count). The zero-order chi connectivity index (χ0) is 10.4. The number of rotatable bonds is 3. The molecule has 0 saturated heterocycles. The third kappa shape index (κ3) is 3.44. The summed E-state index contributed by atoms with van der Waals surface area (Å²) in [7, 11) is 0. The van der Waals surface area contributed by atoms with E-state index >= 15 is 0 Å². The average molecular weight is 189 g/mol. The molecule has 0 bridgehead atoms. The second-order valence-corrected chi connectivity index (χ2v) is 3.15. The van der Waals surface area contributed by atoms with E-state index in [-0.39, 0.29) is 5.91 Å². The van der Waals surface area contributed by atoms with Crippen LogP contribution in [-0.4, -0.2) is 5.91 Å². The fourth-order valence-corrected chi connectivity index (χ4v) is 1.18. The fraction of sp³-hybridized carbons (Fsp3) is 0.250. The first kappa shape index (κ1) is 10.5. The van der Waals surface area contributed by atoms with Crippen molar-refractivity contribution in [2.24, 2.45) is 0 Å². The number of hydrogen-bond acceptors (Lipinski definition) is 1. The maximum atomic E-state index is 10.7. The predicted molar refractivity (Wildman–Crippen MR) is 59.3 cm³/mol. The van der Waals surface area contributed by atoms with Gasteiger partial charge >= 0.3 is 0 Å². The van der Waals surface area contributed by atoms with E-state index in [1.54, 1.807) is 0 Å². The van der Waals surface area contributed by atoms with Crippen molar-refractivity contribution >= 4 is 11.6 Å². The summed E-state index contributed by atoms with van der Waals surface area (Å²) in [5.74, 6) is -0.0359. The van der Waals surface area contributed by atoms with E-state index in [1.165, 1.54) is 12.5 Å². The first-order chi connectivity index (χ1) is 6.72. The Morgan fingerprint density at radius 2 is 2.00 bits per heavy atom. The molecule has 1 N–H and O–H groups in total. The minimum atomic E-state index is -0.0359. The van der Waals surface area contributed by atoms with Crippen LogP contribution in [-0.2, 0) is 11.2 Å². The lowest BCUT2D eigenvalue weighted by Gasteiger charge is -2.02. The van der Waals surface area contributed by atoms with Crippen LogP contribution in [0.1, 0.15) is 19.4 Å². The summed E-state index contributed by atoms with van der Waals surface area (Å²) in [4.78, 5) is 10.7. The summed E-state index contributed by atoms with van der Waals surface area (Å²) in [5.41, 5.74) is 2.10. The Morgan fingerprint density at radius 1 is 1.36 bits per heavy atom. The normalized spacial score (nSPS) is 10.4. The highest BCUT2D eigenvalue weighted by Crippen LogP contribution is 2.10. The summed E-state index contributed by atoms with van der Waals surface area (Å²) in [6.45, 7) is 3.51. The molecular weight excluding hydrogens is 174 g/mol. The lowest BCUT2D eigenvalue weighted by atomic mass is 10.1. The Labute approximate surface area is 84.6 Å². The Kier molecular flexibility index (Phi) is 3.92. The van der Waals surface area contributed by atoms with E-state index in [0.29, 0.717) is 0 Å². The van der Waals surface area contributed by atoms with Gasteiger partial charge in [-0.1, -0.05) is 24.3 Å². The van der Waals surface area contributed by atoms with Gasteiger partial charge in [0.15, 0.2) is 0 Å². The summed E-state index contributed by atoms with van der Waals surface area (Å²) >= 11 is 0. The molecule has 0 radical (unpaired) electrons. The van der Waals surface area contributed by atoms with Crippen LogP contribution < -0.4 is 5.32 Å². The van der Waals surface area contributed by atoms with Crippen molar-refractivity contribution in [2.75, 3.05) is 5.32 Å². The monoisotopic (exact) mass is 189 g/mol. The van der Waals surface area contributed by atoms with E-state index < -0.39 is 0 Å². The molecule has 0 aliphatic heterocycles. The van der Waals surface area contributed by atoms with E-state index in [1.807, 2.05) is 37.3 Å². The van der Waals surface area contributed by atoms with Crippen LogP contribution in [0.25, 0.3) is 0 Å². The summed E-state index contributed by atoms with van der Waals surface area (Å²) < 4.78 is 0. The average Bonchev–Trinajstić information content (AvgIpc) is 2.16. The van der Waals surface area contributed by atoms with Gasteiger partial charge in [-0.15, -0.1) is 0 Å². The highest BCUT2D eigenvalue weighted by molar-refractivity contribution is 5.88. The van der Waals surface area contributed by atoms with Crippen molar-refractivity contribution in [1.29, 1.82) is 0 Å². The fourth-order valence-electron chi connectivity index (χ4n) is 1.18. The second-order valence-electron chi connectivity index (χ2n) is 3.15. The van der Waals surface area contributed by atoms with Crippen LogP contribution in [0.15, 0.2) is 36.4 Å². The molecule has 0 aliphatic rings. The van der Waals surface area contributed by atoms with Gasteiger partial charge < -0.3 is 5.32 Å². The van der Waals surface area contributed by atoms with Crippen LogP contribution in [0.4, 0.5) is 5.69 Å². The molecular formula is C12H15NO. The quantitative estimate of drug-likeness (QED) is 0.728. The molecule has 0 heterocycles. The highest BCUT2D eigenvalue weighted by Gasteiger charge is 1.94. The Bertz CT molecular complexity index is 325. The van der Waals surface area contributed by atoms with Gasteiger partial charge in [0.2, 0.25) is 5.91 Å². The van der Waals surface area contributed by atoms with Crippen LogP contribution in [0.5, 0.6) is 0 Å². The maximum Gasteiger partial charge on any atom is 0.221 e. The molecule has 0 atom stereocenters. The van der Waals surface area contributed by atoms with Crippen LogP contribution in [0.2, 0.25) is 0 Å². The minimum absolute atomic E-state index is 0.0359. The van der Waals surface area contributed by atoms with Crippen molar-refractivity contribution in [3.63, 3.8) is 0 Å². The number of benzene rings is 1. The van der Waals surface area contributed by atoms with Gasteiger partial charge in [-0.05, 0) is 31.0 Å². The molecule has 2 heteroatoms. The summed E-state index contributed by atoms with van der Waals surface area (Å²) in [5, 5.41) is 2.73. The first-order valence-corrected chi connectivity index (χ1v) is 4.70. The third-order valence-corrected chi connectivity index (χ3v) is 1.86. The van der Waals surface area contributed by atoms with Gasteiger partial charge in [0.1, 0.15) is 0 Å². The number of nitrogens with one attached hydrogen (secondary N) is 1. The molecule has 14 heavy (non-hydrogen) atoms. The van der Waals surface area contributed by atoms with E-state index in [4.69, 9.17) is 0 Å². The van der Waals surface area contributed by atoms with Crippen molar-refractivity contribution in [3.05, 3.63) is 42.0 Å². The van der Waals surface area contributed by atoms with Gasteiger partial charge in [-0.25, -0.2) is 0 Å². The van der Waals surface area contributed by atoms with Gasteiger partial charge in [0.05, 0.1) is 0 Å². The highest BCUT2D eigenvalue weighted by atomic mass is 16.1. The third-order valence-electron chi connectivity index (χ3n) is 1.86. The molecule has 2 nitrogen and oxygen atoms in total.